The third kappa shape index (κ3) is 3.71. The second-order valence-electron chi connectivity index (χ2n) is 7.39. The first-order valence-corrected chi connectivity index (χ1v) is 6.80. The van der Waals surface area contributed by atoms with Crippen LogP contribution in [0.3, 0.4) is 0 Å². The lowest BCUT2D eigenvalue weighted by molar-refractivity contribution is -0.141. The zero-order valence-electron chi connectivity index (χ0n) is 13.3. The van der Waals surface area contributed by atoms with Crippen molar-refractivity contribution in [3.63, 3.8) is 0 Å². The van der Waals surface area contributed by atoms with Gasteiger partial charge >= 0.3 is 0 Å². The third-order valence-electron chi connectivity index (χ3n) is 4.85. The second-order valence-corrected chi connectivity index (χ2v) is 7.39. The van der Waals surface area contributed by atoms with E-state index in [1.165, 1.54) is 0 Å². The van der Waals surface area contributed by atoms with Gasteiger partial charge in [-0.1, -0.05) is 48.5 Å². The number of hydrogen-bond donors (Lipinski definition) is 2. The molecule has 108 valence electrons. The number of carbonyl (C=O) groups excluding carboxylic acids is 1. The molecule has 0 aliphatic heterocycles. The average molecular weight is 257 g/mol. The first kappa shape index (κ1) is 17.4. The van der Waals surface area contributed by atoms with E-state index >= 15 is 0 Å². The molecule has 1 unspecified atom stereocenters. The molecule has 1 atom stereocenters. The maximum absolute atomic E-state index is 12.3. The number of nitrogens with one attached hydrogen (secondary N) is 1. The highest BCUT2D eigenvalue weighted by atomic mass is 16.3. The highest BCUT2D eigenvalue weighted by Gasteiger charge is 2.49. The van der Waals surface area contributed by atoms with Crippen molar-refractivity contribution in [3.05, 3.63) is 0 Å². The lowest BCUT2D eigenvalue weighted by Gasteiger charge is -2.49. The molecule has 0 saturated carbocycles. The molecule has 18 heavy (non-hydrogen) atoms. The van der Waals surface area contributed by atoms with Crippen molar-refractivity contribution in [2.75, 3.05) is 6.54 Å². The van der Waals surface area contributed by atoms with E-state index in [9.17, 15) is 9.90 Å². The predicted octanol–water partition coefficient (Wildman–Crippen LogP) is 2.97. The number of hydrogen-bond acceptors (Lipinski definition) is 2. The highest BCUT2D eigenvalue weighted by molar-refractivity contribution is 5.82. The van der Waals surface area contributed by atoms with Gasteiger partial charge in [0, 0.05) is 12.0 Å². The van der Waals surface area contributed by atoms with Crippen LogP contribution in [-0.4, -0.2) is 23.7 Å². The average Bonchev–Trinajstić information content (AvgIpc) is 2.14. The number of amides is 1. The summed E-state index contributed by atoms with van der Waals surface area (Å²) in [4.78, 5) is 12.3. The van der Waals surface area contributed by atoms with Crippen molar-refractivity contribution >= 4 is 5.91 Å². The minimum atomic E-state index is -0.454. The van der Waals surface area contributed by atoms with Crippen LogP contribution in [-0.2, 0) is 4.79 Å². The molecule has 0 fully saturated rings. The molecule has 0 rings (SSSR count). The zero-order valence-corrected chi connectivity index (χ0v) is 13.3. The lowest BCUT2D eigenvalue weighted by Crippen LogP contribution is -2.52. The van der Waals surface area contributed by atoms with Crippen LogP contribution in [0.25, 0.3) is 0 Å². The first-order chi connectivity index (χ1) is 7.84. The molecule has 0 aromatic rings. The number of rotatable bonds is 5. The maximum Gasteiger partial charge on any atom is 0.226 e. The fourth-order valence-electron chi connectivity index (χ4n) is 1.84. The molecule has 3 nitrogen and oxygen atoms in total. The molecule has 0 aromatic heterocycles. The van der Waals surface area contributed by atoms with Crippen molar-refractivity contribution in [2.24, 2.45) is 16.2 Å². The maximum atomic E-state index is 12.3. The minimum Gasteiger partial charge on any atom is -0.393 e. The quantitative estimate of drug-likeness (QED) is 0.795. The molecule has 1 amide bonds. The smallest absolute Gasteiger partial charge is 0.226 e. The Morgan fingerprint density at radius 2 is 1.56 bits per heavy atom. The van der Waals surface area contributed by atoms with Crippen molar-refractivity contribution in [1.29, 1.82) is 0 Å². The Morgan fingerprint density at radius 1 is 1.11 bits per heavy atom. The van der Waals surface area contributed by atoms with E-state index in [1.807, 2.05) is 13.8 Å². The Labute approximate surface area is 112 Å². The topological polar surface area (TPSA) is 49.3 Å². The van der Waals surface area contributed by atoms with E-state index in [1.54, 1.807) is 6.92 Å². The molecule has 0 spiro atoms. The van der Waals surface area contributed by atoms with Gasteiger partial charge in [0.1, 0.15) is 0 Å². The number of carbonyl (C=O) groups is 1. The van der Waals surface area contributed by atoms with Crippen molar-refractivity contribution in [2.45, 2.75) is 67.9 Å². The summed E-state index contributed by atoms with van der Waals surface area (Å²) in [6.45, 7) is 17.0. The molecule has 3 heteroatoms. The van der Waals surface area contributed by atoms with Crippen LogP contribution in [0.15, 0.2) is 0 Å². The summed E-state index contributed by atoms with van der Waals surface area (Å²) in [6, 6.07) is 0. The Balaban J connectivity index is 4.77. The lowest BCUT2D eigenvalue weighted by atomic mass is 9.55. The van der Waals surface area contributed by atoms with Gasteiger partial charge in [-0.15, -0.1) is 0 Å². The Morgan fingerprint density at radius 3 is 1.89 bits per heavy atom. The van der Waals surface area contributed by atoms with E-state index < -0.39 is 5.41 Å². The van der Waals surface area contributed by atoms with Gasteiger partial charge < -0.3 is 10.4 Å². The van der Waals surface area contributed by atoms with Crippen LogP contribution in [0.1, 0.15) is 61.8 Å². The standard InChI is InChI=1S/C15H31NO2/c1-11(17)9-10-16-12(18)14(5,6)15(7,8)13(2,3)4/h11,17H,9-10H2,1-8H3,(H,16,18). The van der Waals surface area contributed by atoms with Crippen LogP contribution in [0.4, 0.5) is 0 Å². The monoisotopic (exact) mass is 257 g/mol. The third-order valence-corrected chi connectivity index (χ3v) is 4.85. The fraction of sp³-hybridized carbons (Fsp3) is 0.933. The van der Waals surface area contributed by atoms with Crippen molar-refractivity contribution in [3.8, 4) is 0 Å². The summed E-state index contributed by atoms with van der Waals surface area (Å²) in [5.74, 6) is 0.0584. The Kier molecular flexibility index (Phi) is 5.42. The van der Waals surface area contributed by atoms with Crippen LogP contribution in [0.2, 0.25) is 0 Å². The Bertz CT molecular complexity index is 285. The summed E-state index contributed by atoms with van der Waals surface area (Å²) >= 11 is 0. The molecule has 0 radical (unpaired) electrons. The van der Waals surface area contributed by atoms with E-state index in [0.29, 0.717) is 13.0 Å². The molecular formula is C15H31NO2. The van der Waals surface area contributed by atoms with Crippen LogP contribution >= 0.6 is 0 Å². The molecule has 0 aliphatic rings. The normalized spacial score (nSPS) is 15.4. The second kappa shape index (κ2) is 5.60. The largest absolute Gasteiger partial charge is 0.393 e. The summed E-state index contributed by atoms with van der Waals surface area (Å²) in [5, 5.41) is 12.1. The highest BCUT2D eigenvalue weighted by Crippen LogP contribution is 2.51. The zero-order chi connectivity index (χ0) is 14.8. The van der Waals surface area contributed by atoms with Gasteiger partial charge in [-0.05, 0) is 24.2 Å². The summed E-state index contributed by atoms with van der Waals surface area (Å²) in [6.07, 6.45) is 0.224. The van der Waals surface area contributed by atoms with Crippen LogP contribution in [0.5, 0.6) is 0 Å². The number of aliphatic hydroxyl groups is 1. The fourth-order valence-corrected chi connectivity index (χ4v) is 1.84. The van der Waals surface area contributed by atoms with Crippen molar-refractivity contribution in [1.82, 2.24) is 5.32 Å². The first-order valence-electron chi connectivity index (χ1n) is 6.80. The molecule has 2 N–H and O–H groups in total. The number of aliphatic hydroxyl groups excluding tert-OH is 1. The van der Waals surface area contributed by atoms with Gasteiger partial charge in [0.25, 0.3) is 0 Å². The molecule has 0 saturated heterocycles. The molecule has 0 bridgehead atoms. The summed E-state index contributed by atoms with van der Waals surface area (Å²) < 4.78 is 0. The summed E-state index contributed by atoms with van der Waals surface area (Å²) in [7, 11) is 0. The van der Waals surface area contributed by atoms with E-state index in [0.717, 1.165) is 0 Å². The SMILES string of the molecule is CC(O)CCNC(=O)C(C)(C)C(C)(C)C(C)(C)C. The van der Waals surface area contributed by atoms with Gasteiger partial charge in [-0.25, -0.2) is 0 Å². The van der Waals surface area contributed by atoms with Crippen LogP contribution in [0, 0.1) is 16.2 Å². The van der Waals surface area contributed by atoms with E-state index in [-0.39, 0.29) is 22.8 Å². The van der Waals surface area contributed by atoms with Crippen LogP contribution < -0.4 is 5.32 Å². The van der Waals surface area contributed by atoms with Crippen molar-refractivity contribution < 1.29 is 9.90 Å². The minimum absolute atomic E-state index is 0.0398. The van der Waals surface area contributed by atoms with E-state index in [2.05, 4.69) is 39.9 Å². The predicted molar refractivity (Wildman–Crippen MR) is 76.3 cm³/mol. The van der Waals surface area contributed by atoms with E-state index in [4.69, 9.17) is 0 Å². The molecule has 0 heterocycles. The van der Waals surface area contributed by atoms with Gasteiger partial charge in [-0.2, -0.15) is 0 Å². The van der Waals surface area contributed by atoms with Gasteiger partial charge in [0.05, 0.1) is 6.10 Å². The van der Waals surface area contributed by atoms with Gasteiger partial charge in [0.15, 0.2) is 0 Å². The molecular weight excluding hydrogens is 226 g/mol. The Hall–Kier alpha value is -0.570. The van der Waals surface area contributed by atoms with Gasteiger partial charge in [0.2, 0.25) is 5.91 Å². The van der Waals surface area contributed by atoms with Gasteiger partial charge in [-0.3, -0.25) is 4.79 Å². The molecule has 0 aromatic carbocycles. The summed E-state index contributed by atoms with van der Waals surface area (Å²) in [5.41, 5.74) is -0.545. The molecule has 0 aliphatic carbocycles.